The number of rotatable bonds is 9. The monoisotopic (exact) mass is 469 g/mol. The van der Waals surface area contributed by atoms with Gasteiger partial charge in [-0.25, -0.2) is 0 Å². The first kappa shape index (κ1) is 24.2. The Labute approximate surface area is 189 Å². The highest BCUT2D eigenvalue weighted by Gasteiger charge is 2.25. The SMILES string of the molecule is COc1cc(NC(=O)C(N=Nc2c(OC)ccc(OC)c2Cl)C(C)=O)c(OC)cc1Cl. The molecule has 0 aliphatic rings. The van der Waals surface area contributed by atoms with Gasteiger partial charge in [0.05, 0.1) is 39.1 Å². The Kier molecular flexibility index (Phi) is 8.47. The number of benzene rings is 2. The maximum Gasteiger partial charge on any atom is 0.258 e. The third kappa shape index (κ3) is 5.56. The molecule has 31 heavy (non-hydrogen) atoms. The lowest BCUT2D eigenvalue weighted by Gasteiger charge is -2.15. The van der Waals surface area contributed by atoms with Gasteiger partial charge in [0, 0.05) is 12.1 Å². The Bertz CT molecular complexity index is 1010. The third-order valence-electron chi connectivity index (χ3n) is 4.12. The fraction of sp³-hybridized carbons (Fsp3) is 0.300. The predicted octanol–water partition coefficient (Wildman–Crippen LogP) is 4.71. The maximum absolute atomic E-state index is 12.8. The number of ether oxygens (including phenoxy) is 4. The molecular formula is C20H21Cl2N3O6. The predicted molar refractivity (Wildman–Crippen MR) is 117 cm³/mol. The highest BCUT2D eigenvalue weighted by Crippen LogP contribution is 2.42. The number of anilines is 1. The number of methoxy groups -OCH3 is 4. The van der Waals surface area contributed by atoms with Crippen LogP contribution in [-0.2, 0) is 9.59 Å². The molecule has 0 fully saturated rings. The van der Waals surface area contributed by atoms with E-state index in [2.05, 4.69) is 15.5 Å². The van der Waals surface area contributed by atoms with Gasteiger partial charge in [-0.1, -0.05) is 23.2 Å². The smallest absolute Gasteiger partial charge is 0.258 e. The molecule has 1 N–H and O–H groups in total. The summed E-state index contributed by atoms with van der Waals surface area (Å²) in [6.07, 6.45) is 0. The van der Waals surface area contributed by atoms with Gasteiger partial charge in [-0.3, -0.25) is 9.59 Å². The fourth-order valence-electron chi connectivity index (χ4n) is 2.54. The Hall–Kier alpha value is -3.04. The van der Waals surface area contributed by atoms with E-state index >= 15 is 0 Å². The van der Waals surface area contributed by atoms with E-state index in [9.17, 15) is 9.59 Å². The van der Waals surface area contributed by atoms with E-state index in [0.29, 0.717) is 22.3 Å². The van der Waals surface area contributed by atoms with Gasteiger partial charge in [0.15, 0.2) is 5.78 Å². The average Bonchev–Trinajstić information content (AvgIpc) is 2.75. The molecule has 0 spiro atoms. The number of hydrogen-bond acceptors (Lipinski definition) is 8. The number of carbonyl (C=O) groups excluding carboxylic acids is 2. The van der Waals surface area contributed by atoms with Crippen molar-refractivity contribution in [3.63, 3.8) is 0 Å². The third-order valence-corrected chi connectivity index (χ3v) is 4.78. The normalized spacial score (nSPS) is 11.7. The number of ketones is 1. The van der Waals surface area contributed by atoms with Crippen LogP contribution in [0.2, 0.25) is 10.0 Å². The van der Waals surface area contributed by atoms with E-state index in [1.807, 2.05) is 0 Å². The van der Waals surface area contributed by atoms with Gasteiger partial charge in [-0.15, -0.1) is 5.11 Å². The number of carbonyl (C=O) groups is 2. The van der Waals surface area contributed by atoms with Crippen LogP contribution in [0.3, 0.4) is 0 Å². The first-order chi connectivity index (χ1) is 14.8. The molecule has 2 aromatic carbocycles. The van der Waals surface area contributed by atoms with Crippen LogP contribution in [0, 0.1) is 0 Å². The molecule has 9 nitrogen and oxygen atoms in total. The van der Waals surface area contributed by atoms with E-state index in [1.165, 1.54) is 47.5 Å². The molecule has 1 atom stereocenters. The van der Waals surface area contributed by atoms with Crippen molar-refractivity contribution in [1.29, 1.82) is 0 Å². The van der Waals surface area contributed by atoms with Crippen molar-refractivity contribution in [3.8, 4) is 23.0 Å². The van der Waals surface area contributed by atoms with Crippen molar-refractivity contribution in [2.75, 3.05) is 33.8 Å². The summed E-state index contributed by atoms with van der Waals surface area (Å²) >= 11 is 12.3. The highest BCUT2D eigenvalue weighted by atomic mass is 35.5. The number of hydrogen-bond donors (Lipinski definition) is 1. The van der Waals surface area contributed by atoms with Crippen LogP contribution in [0.1, 0.15) is 6.92 Å². The lowest BCUT2D eigenvalue weighted by molar-refractivity contribution is -0.126. The summed E-state index contributed by atoms with van der Waals surface area (Å²) in [7, 11) is 5.70. The van der Waals surface area contributed by atoms with E-state index < -0.39 is 17.7 Å². The summed E-state index contributed by atoms with van der Waals surface area (Å²) in [5.74, 6) is -0.0711. The molecule has 11 heteroatoms. The molecule has 0 radical (unpaired) electrons. The molecule has 1 unspecified atom stereocenters. The minimum Gasteiger partial charge on any atom is -0.495 e. The molecule has 2 aromatic rings. The molecule has 1 amide bonds. The molecule has 0 saturated carbocycles. The van der Waals surface area contributed by atoms with Gasteiger partial charge in [-0.2, -0.15) is 5.11 Å². The van der Waals surface area contributed by atoms with Crippen LogP contribution < -0.4 is 24.3 Å². The van der Waals surface area contributed by atoms with Crippen molar-refractivity contribution in [2.45, 2.75) is 13.0 Å². The molecule has 0 aliphatic carbocycles. The van der Waals surface area contributed by atoms with E-state index in [0.717, 1.165) is 0 Å². The number of Topliss-reactive ketones (excluding diaryl/α,β-unsaturated/α-hetero) is 1. The van der Waals surface area contributed by atoms with Gasteiger partial charge >= 0.3 is 0 Å². The Morgan fingerprint density at radius 1 is 0.903 bits per heavy atom. The van der Waals surface area contributed by atoms with Gasteiger partial charge in [0.25, 0.3) is 5.91 Å². The van der Waals surface area contributed by atoms with Crippen molar-refractivity contribution in [3.05, 3.63) is 34.3 Å². The second-order valence-electron chi connectivity index (χ2n) is 6.04. The summed E-state index contributed by atoms with van der Waals surface area (Å²) in [5.41, 5.74) is 0.362. The molecular weight excluding hydrogens is 449 g/mol. The van der Waals surface area contributed by atoms with Crippen LogP contribution in [0.15, 0.2) is 34.5 Å². The van der Waals surface area contributed by atoms with Gasteiger partial charge in [0.2, 0.25) is 6.04 Å². The molecule has 166 valence electrons. The molecule has 2 rings (SSSR count). The van der Waals surface area contributed by atoms with Gasteiger partial charge in [0.1, 0.15) is 33.7 Å². The van der Waals surface area contributed by atoms with Crippen LogP contribution in [0.25, 0.3) is 0 Å². The van der Waals surface area contributed by atoms with E-state index in [1.54, 1.807) is 12.1 Å². The largest absolute Gasteiger partial charge is 0.495 e. The van der Waals surface area contributed by atoms with E-state index in [4.69, 9.17) is 42.1 Å². The van der Waals surface area contributed by atoms with E-state index in [-0.39, 0.29) is 22.1 Å². The maximum atomic E-state index is 12.8. The zero-order valence-corrected chi connectivity index (χ0v) is 19.0. The first-order valence-electron chi connectivity index (χ1n) is 8.81. The summed E-state index contributed by atoms with van der Waals surface area (Å²) < 4.78 is 20.7. The number of azo groups is 1. The molecule has 0 heterocycles. The van der Waals surface area contributed by atoms with Gasteiger partial charge < -0.3 is 24.3 Å². The number of nitrogens with one attached hydrogen (secondary N) is 1. The fourth-order valence-corrected chi connectivity index (χ4v) is 3.04. The number of nitrogens with zero attached hydrogens (tertiary/aromatic N) is 2. The molecule has 0 aliphatic heterocycles. The zero-order chi connectivity index (χ0) is 23.1. The Morgan fingerprint density at radius 3 is 2.03 bits per heavy atom. The Balaban J connectivity index is 2.38. The second-order valence-corrected chi connectivity index (χ2v) is 6.82. The summed E-state index contributed by atoms with van der Waals surface area (Å²) in [4.78, 5) is 24.9. The summed E-state index contributed by atoms with van der Waals surface area (Å²) in [5, 5.41) is 10.9. The summed E-state index contributed by atoms with van der Waals surface area (Å²) in [6, 6.07) is 4.65. The van der Waals surface area contributed by atoms with Crippen LogP contribution >= 0.6 is 23.2 Å². The lowest BCUT2D eigenvalue weighted by Crippen LogP contribution is -2.32. The summed E-state index contributed by atoms with van der Waals surface area (Å²) in [6.45, 7) is 1.22. The Morgan fingerprint density at radius 2 is 1.48 bits per heavy atom. The van der Waals surface area contributed by atoms with Crippen LogP contribution in [0.4, 0.5) is 11.4 Å². The zero-order valence-electron chi connectivity index (χ0n) is 17.5. The molecule has 0 bridgehead atoms. The topological polar surface area (TPSA) is 108 Å². The first-order valence-corrected chi connectivity index (χ1v) is 9.57. The van der Waals surface area contributed by atoms with Crippen molar-refractivity contribution < 1.29 is 28.5 Å². The second kappa shape index (κ2) is 10.8. The quantitative estimate of drug-likeness (QED) is 0.420. The van der Waals surface area contributed by atoms with Crippen LogP contribution in [0.5, 0.6) is 23.0 Å². The van der Waals surface area contributed by atoms with Crippen molar-refractivity contribution >= 4 is 46.3 Å². The molecule has 0 saturated heterocycles. The van der Waals surface area contributed by atoms with Gasteiger partial charge in [-0.05, 0) is 19.1 Å². The average molecular weight is 470 g/mol. The minimum atomic E-state index is -1.46. The number of amides is 1. The van der Waals surface area contributed by atoms with Crippen LogP contribution in [-0.4, -0.2) is 46.2 Å². The minimum absolute atomic E-state index is 0.119. The lowest BCUT2D eigenvalue weighted by atomic mass is 10.2. The van der Waals surface area contributed by atoms with Crippen molar-refractivity contribution in [1.82, 2.24) is 0 Å². The van der Waals surface area contributed by atoms with Crippen molar-refractivity contribution in [2.24, 2.45) is 10.2 Å². The molecule has 0 aromatic heterocycles. The highest BCUT2D eigenvalue weighted by molar-refractivity contribution is 6.34. The standard InChI is InChI=1S/C20H21Cl2N3O6/c1-10(26)18(24-25-19-14(29-3)7-6-13(28-2)17(19)22)20(27)23-12-9-15(30-4)11(21)8-16(12)31-5/h6-9,18H,1-5H3,(H,23,27). The number of halogens is 2.